The van der Waals surface area contributed by atoms with Crippen molar-refractivity contribution in [2.75, 3.05) is 29.5 Å². The highest BCUT2D eigenvalue weighted by Gasteiger charge is 2.45. The van der Waals surface area contributed by atoms with E-state index in [-0.39, 0.29) is 36.5 Å². The summed E-state index contributed by atoms with van der Waals surface area (Å²) in [6.07, 6.45) is 2.04. The standard InChI is InChI=1S/C25H26N6O5/c1-13-8-30(10-15(13)12-32)25-26-7-14-9-29(11-19(14)27-25)16-2-3-17-18(6-16)24(36)31(23(17)35)20-4-5-21(33)28-22(20)34/h2-3,6-7,13,15,20,32H,4-5,8-12H2,1H3,(H,28,33,34)/t13?,15-,20?/m1/s1. The van der Waals surface area contributed by atoms with Gasteiger partial charge in [-0.25, -0.2) is 9.97 Å². The zero-order valence-electron chi connectivity index (χ0n) is 19.8. The molecule has 11 heteroatoms. The molecule has 0 aliphatic carbocycles. The Bertz CT molecular complexity index is 1310. The second-order valence-corrected chi connectivity index (χ2v) is 10.0. The third-order valence-electron chi connectivity index (χ3n) is 7.72. The van der Waals surface area contributed by atoms with Crippen molar-refractivity contribution in [3.8, 4) is 0 Å². The lowest BCUT2D eigenvalue weighted by molar-refractivity contribution is -0.136. The molecule has 2 fully saturated rings. The van der Waals surface area contributed by atoms with Gasteiger partial charge in [0, 0.05) is 56.0 Å². The third kappa shape index (κ3) is 3.53. The van der Waals surface area contributed by atoms with Crippen LogP contribution in [0.5, 0.6) is 0 Å². The topological polar surface area (TPSA) is 136 Å². The van der Waals surface area contributed by atoms with E-state index in [0.717, 1.165) is 34.9 Å². The van der Waals surface area contributed by atoms with Gasteiger partial charge in [-0.05, 0) is 30.5 Å². The summed E-state index contributed by atoms with van der Waals surface area (Å²) in [5.74, 6) is -0.818. The van der Waals surface area contributed by atoms with Gasteiger partial charge in [0.2, 0.25) is 17.8 Å². The first-order valence-corrected chi connectivity index (χ1v) is 12.1. The molecule has 0 radical (unpaired) electrons. The van der Waals surface area contributed by atoms with Crippen LogP contribution in [0.15, 0.2) is 24.4 Å². The van der Waals surface area contributed by atoms with Crippen molar-refractivity contribution < 1.29 is 24.3 Å². The summed E-state index contributed by atoms with van der Waals surface area (Å²) < 4.78 is 0. The van der Waals surface area contributed by atoms with E-state index in [9.17, 15) is 24.3 Å². The average Bonchev–Trinajstić information content (AvgIpc) is 3.53. The Morgan fingerprint density at radius 3 is 2.61 bits per heavy atom. The normalized spacial score (nSPS) is 25.5. The zero-order chi connectivity index (χ0) is 25.1. The van der Waals surface area contributed by atoms with Gasteiger partial charge in [-0.15, -0.1) is 0 Å². The lowest BCUT2D eigenvalue weighted by Crippen LogP contribution is -2.54. The van der Waals surface area contributed by atoms with Crippen LogP contribution in [0.2, 0.25) is 0 Å². The van der Waals surface area contributed by atoms with Crippen LogP contribution in [0.25, 0.3) is 0 Å². The molecule has 36 heavy (non-hydrogen) atoms. The summed E-state index contributed by atoms with van der Waals surface area (Å²) in [5, 5.41) is 11.8. The van der Waals surface area contributed by atoms with Crippen LogP contribution in [0.3, 0.4) is 0 Å². The predicted molar refractivity (Wildman–Crippen MR) is 127 cm³/mol. The monoisotopic (exact) mass is 490 g/mol. The summed E-state index contributed by atoms with van der Waals surface area (Å²) in [6.45, 7) is 4.91. The lowest BCUT2D eigenvalue weighted by Gasteiger charge is -2.27. The molecule has 4 aliphatic rings. The maximum atomic E-state index is 13.2. The van der Waals surface area contributed by atoms with Crippen molar-refractivity contribution in [1.29, 1.82) is 0 Å². The van der Waals surface area contributed by atoms with Crippen molar-refractivity contribution in [2.24, 2.45) is 11.8 Å². The number of anilines is 2. The molecule has 1 aromatic heterocycles. The number of carbonyl (C=O) groups excluding carboxylic acids is 4. The Balaban J connectivity index is 1.21. The summed E-state index contributed by atoms with van der Waals surface area (Å²) in [7, 11) is 0. The van der Waals surface area contributed by atoms with E-state index >= 15 is 0 Å². The minimum atomic E-state index is -0.984. The smallest absolute Gasteiger partial charge is 0.262 e. The zero-order valence-corrected chi connectivity index (χ0v) is 19.8. The summed E-state index contributed by atoms with van der Waals surface area (Å²) in [4.78, 5) is 64.4. The number of hydrogen-bond donors (Lipinski definition) is 2. The Kier molecular flexibility index (Phi) is 5.25. The molecule has 0 saturated carbocycles. The van der Waals surface area contributed by atoms with Crippen LogP contribution >= 0.6 is 0 Å². The third-order valence-corrected chi connectivity index (χ3v) is 7.72. The number of imide groups is 2. The van der Waals surface area contributed by atoms with E-state index < -0.39 is 29.7 Å². The van der Waals surface area contributed by atoms with E-state index in [1.807, 2.05) is 6.20 Å². The second kappa shape index (κ2) is 8.37. The quantitative estimate of drug-likeness (QED) is 0.586. The minimum Gasteiger partial charge on any atom is -0.396 e. The Morgan fingerprint density at radius 2 is 1.86 bits per heavy atom. The molecule has 2 saturated heterocycles. The number of nitrogens with one attached hydrogen (secondary N) is 1. The van der Waals surface area contributed by atoms with E-state index in [0.29, 0.717) is 25.0 Å². The van der Waals surface area contributed by atoms with E-state index in [2.05, 4.69) is 27.0 Å². The highest BCUT2D eigenvalue weighted by Crippen LogP contribution is 2.34. The van der Waals surface area contributed by atoms with Gasteiger partial charge in [-0.1, -0.05) is 6.92 Å². The van der Waals surface area contributed by atoms with Gasteiger partial charge in [-0.2, -0.15) is 0 Å². The highest BCUT2D eigenvalue weighted by molar-refractivity contribution is 6.23. The number of aliphatic hydroxyl groups is 1. The number of aromatic nitrogens is 2. The highest BCUT2D eigenvalue weighted by atomic mass is 16.3. The Labute approximate surface area is 207 Å². The fraction of sp³-hybridized carbons (Fsp3) is 0.440. The summed E-state index contributed by atoms with van der Waals surface area (Å²) >= 11 is 0. The van der Waals surface area contributed by atoms with Crippen LogP contribution in [-0.4, -0.2) is 69.3 Å². The summed E-state index contributed by atoms with van der Waals surface area (Å²) in [5.41, 5.74) is 3.19. The number of nitrogens with zero attached hydrogens (tertiary/aromatic N) is 5. The predicted octanol–water partition coefficient (Wildman–Crippen LogP) is 0.463. The van der Waals surface area contributed by atoms with Crippen molar-refractivity contribution in [3.63, 3.8) is 0 Å². The first-order chi connectivity index (χ1) is 17.3. The number of amides is 4. The Morgan fingerprint density at radius 1 is 1.06 bits per heavy atom. The molecule has 1 aromatic carbocycles. The molecule has 186 valence electrons. The lowest BCUT2D eigenvalue weighted by atomic mass is 10.00. The fourth-order valence-corrected chi connectivity index (χ4v) is 5.57. The number of piperidine rings is 1. The van der Waals surface area contributed by atoms with Gasteiger partial charge in [-0.3, -0.25) is 29.4 Å². The molecule has 2 unspecified atom stereocenters. The molecule has 2 N–H and O–H groups in total. The number of fused-ring (bicyclic) bond motifs is 2. The molecule has 5 heterocycles. The average molecular weight is 491 g/mol. The maximum Gasteiger partial charge on any atom is 0.262 e. The first kappa shape index (κ1) is 22.6. The van der Waals surface area contributed by atoms with Gasteiger partial charge >= 0.3 is 0 Å². The van der Waals surface area contributed by atoms with E-state index in [1.165, 1.54) is 0 Å². The second-order valence-electron chi connectivity index (χ2n) is 10.0. The summed E-state index contributed by atoms with van der Waals surface area (Å²) in [6, 6.07) is 4.13. The molecular formula is C25H26N6O5. The maximum absolute atomic E-state index is 13.2. The number of rotatable bonds is 4. The first-order valence-electron chi connectivity index (χ1n) is 12.1. The van der Waals surface area contributed by atoms with Gasteiger partial charge in [0.1, 0.15) is 6.04 Å². The molecule has 2 aromatic rings. The molecular weight excluding hydrogens is 464 g/mol. The molecule has 3 atom stereocenters. The van der Waals surface area contributed by atoms with Gasteiger partial charge in [0.05, 0.1) is 23.4 Å². The van der Waals surface area contributed by atoms with Crippen LogP contribution < -0.4 is 15.1 Å². The molecule has 11 nitrogen and oxygen atoms in total. The molecule has 6 rings (SSSR count). The largest absolute Gasteiger partial charge is 0.396 e. The van der Waals surface area contributed by atoms with E-state index in [1.54, 1.807) is 18.2 Å². The number of hydrogen-bond acceptors (Lipinski definition) is 9. The SMILES string of the molecule is CC1CN(c2ncc3c(n2)CN(c2ccc4c(c2)C(=O)N(C2CCC(=O)NC2=O)C4=O)C3)C[C@@H]1CO. The molecule has 4 aliphatic heterocycles. The number of benzene rings is 1. The fourth-order valence-electron chi connectivity index (χ4n) is 5.57. The van der Waals surface area contributed by atoms with Crippen molar-refractivity contribution in [1.82, 2.24) is 20.2 Å². The Hall–Kier alpha value is -3.86. The van der Waals surface area contributed by atoms with Crippen molar-refractivity contribution >= 4 is 35.3 Å². The van der Waals surface area contributed by atoms with Gasteiger partial charge in [0.15, 0.2) is 0 Å². The number of carbonyl (C=O) groups is 4. The van der Waals surface area contributed by atoms with Crippen molar-refractivity contribution in [3.05, 3.63) is 46.8 Å². The van der Waals surface area contributed by atoms with Gasteiger partial charge in [0.25, 0.3) is 11.8 Å². The number of aliphatic hydroxyl groups excluding tert-OH is 1. The molecule has 0 spiro atoms. The van der Waals surface area contributed by atoms with Crippen LogP contribution in [0, 0.1) is 11.8 Å². The van der Waals surface area contributed by atoms with Crippen molar-refractivity contribution in [2.45, 2.75) is 38.9 Å². The van der Waals surface area contributed by atoms with E-state index in [4.69, 9.17) is 4.98 Å². The van der Waals surface area contributed by atoms with Crippen LogP contribution in [0.1, 0.15) is 51.7 Å². The molecule has 0 bridgehead atoms. The minimum absolute atomic E-state index is 0.0844. The van der Waals surface area contributed by atoms with Crippen LogP contribution in [-0.2, 0) is 22.7 Å². The van der Waals surface area contributed by atoms with Crippen LogP contribution in [0.4, 0.5) is 11.6 Å². The van der Waals surface area contributed by atoms with Gasteiger partial charge < -0.3 is 14.9 Å². The molecule has 4 amide bonds.